The topological polar surface area (TPSA) is 24.4 Å². The van der Waals surface area contributed by atoms with Gasteiger partial charge in [-0.05, 0) is 12.5 Å². The SMILES string of the molecule is C=C1NC=Nc2c(C)cccc21. The number of para-hydroxylation sites is 1. The van der Waals surface area contributed by atoms with Crippen LogP contribution >= 0.6 is 0 Å². The molecular formula is C10H10N2. The predicted octanol–water partition coefficient (Wildman–Crippen LogP) is 2.23. The smallest absolute Gasteiger partial charge is 0.0930 e. The van der Waals surface area contributed by atoms with Crippen molar-refractivity contribution in [3.63, 3.8) is 0 Å². The van der Waals surface area contributed by atoms with Gasteiger partial charge >= 0.3 is 0 Å². The number of hydrogen-bond acceptors (Lipinski definition) is 2. The fourth-order valence-electron chi connectivity index (χ4n) is 1.33. The molecular weight excluding hydrogens is 148 g/mol. The van der Waals surface area contributed by atoms with E-state index in [1.54, 1.807) is 6.34 Å². The van der Waals surface area contributed by atoms with Gasteiger partial charge in [0.2, 0.25) is 0 Å². The summed E-state index contributed by atoms with van der Waals surface area (Å²) in [6.07, 6.45) is 1.68. The Labute approximate surface area is 71.6 Å². The monoisotopic (exact) mass is 158 g/mol. The van der Waals surface area contributed by atoms with E-state index in [1.165, 1.54) is 5.56 Å². The van der Waals surface area contributed by atoms with Crippen molar-refractivity contribution in [3.05, 3.63) is 35.9 Å². The molecule has 2 heteroatoms. The molecule has 0 unspecified atom stereocenters. The first-order valence-electron chi connectivity index (χ1n) is 3.87. The van der Waals surface area contributed by atoms with Gasteiger partial charge < -0.3 is 5.32 Å². The molecule has 0 saturated carbocycles. The van der Waals surface area contributed by atoms with Crippen molar-refractivity contribution in [1.82, 2.24) is 5.32 Å². The third kappa shape index (κ3) is 0.925. The van der Waals surface area contributed by atoms with E-state index in [1.807, 2.05) is 12.1 Å². The van der Waals surface area contributed by atoms with E-state index < -0.39 is 0 Å². The van der Waals surface area contributed by atoms with Crippen LogP contribution in [0.15, 0.2) is 29.8 Å². The van der Waals surface area contributed by atoms with Crippen molar-refractivity contribution in [2.45, 2.75) is 6.92 Å². The minimum Gasteiger partial charge on any atom is -0.346 e. The van der Waals surface area contributed by atoms with E-state index in [2.05, 4.69) is 29.9 Å². The number of aliphatic imine (C=N–C) groups is 1. The summed E-state index contributed by atoms with van der Waals surface area (Å²) >= 11 is 0. The Morgan fingerprint density at radius 1 is 1.42 bits per heavy atom. The van der Waals surface area contributed by atoms with Crippen molar-refractivity contribution < 1.29 is 0 Å². The van der Waals surface area contributed by atoms with Crippen LogP contribution in [0.5, 0.6) is 0 Å². The van der Waals surface area contributed by atoms with E-state index in [0.29, 0.717) is 0 Å². The summed E-state index contributed by atoms with van der Waals surface area (Å²) in [4.78, 5) is 4.25. The molecule has 1 aliphatic rings. The molecule has 0 aromatic heterocycles. The van der Waals surface area contributed by atoms with Gasteiger partial charge in [0.05, 0.1) is 12.0 Å². The summed E-state index contributed by atoms with van der Waals surface area (Å²) in [5, 5.41) is 2.98. The average molecular weight is 158 g/mol. The molecule has 2 rings (SSSR count). The van der Waals surface area contributed by atoms with Gasteiger partial charge in [-0.3, -0.25) is 0 Å². The van der Waals surface area contributed by atoms with E-state index in [9.17, 15) is 0 Å². The van der Waals surface area contributed by atoms with Crippen LogP contribution < -0.4 is 5.32 Å². The first kappa shape index (κ1) is 7.10. The zero-order chi connectivity index (χ0) is 8.55. The summed E-state index contributed by atoms with van der Waals surface area (Å²) < 4.78 is 0. The number of rotatable bonds is 0. The zero-order valence-electron chi connectivity index (χ0n) is 6.96. The number of aryl methyl sites for hydroxylation is 1. The Morgan fingerprint density at radius 2 is 2.25 bits per heavy atom. The van der Waals surface area contributed by atoms with Crippen LogP contribution in [0.4, 0.5) is 5.69 Å². The van der Waals surface area contributed by atoms with Gasteiger partial charge in [0.1, 0.15) is 0 Å². The third-order valence-corrected chi connectivity index (χ3v) is 2.00. The maximum absolute atomic E-state index is 4.25. The van der Waals surface area contributed by atoms with Crippen LogP contribution in [-0.2, 0) is 0 Å². The standard InChI is InChI=1S/C10H10N2/c1-7-4-3-5-9-8(2)11-6-12-10(7)9/h3-6H,2H2,1H3,(H,11,12). The Morgan fingerprint density at radius 3 is 3.00 bits per heavy atom. The average Bonchev–Trinajstić information content (AvgIpc) is 2.07. The lowest BCUT2D eigenvalue weighted by Crippen LogP contribution is -2.12. The van der Waals surface area contributed by atoms with Crippen molar-refractivity contribution in [1.29, 1.82) is 0 Å². The number of nitrogens with one attached hydrogen (secondary N) is 1. The molecule has 60 valence electrons. The molecule has 0 bridgehead atoms. The quantitative estimate of drug-likeness (QED) is 0.615. The molecule has 12 heavy (non-hydrogen) atoms. The van der Waals surface area contributed by atoms with Gasteiger partial charge in [-0.15, -0.1) is 0 Å². The molecule has 1 heterocycles. The van der Waals surface area contributed by atoms with Gasteiger partial charge in [-0.1, -0.05) is 24.8 Å². The molecule has 0 amide bonds. The fraction of sp³-hybridized carbons (Fsp3) is 0.100. The Balaban J connectivity index is 2.69. The first-order valence-corrected chi connectivity index (χ1v) is 3.87. The van der Waals surface area contributed by atoms with Gasteiger partial charge in [-0.25, -0.2) is 4.99 Å². The van der Waals surface area contributed by atoms with E-state index in [0.717, 1.165) is 16.9 Å². The van der Waals surface area contributed by atoms with Crippen LogP contribution in [0.1, 0.15) is 11.1 Å². The van der Waals surface area contributed by atoms with Crippen LogP contribution in [0.2, 0.25) is 0 Å². The molecule has 0 radical (unpaired) electrons. The highest BCUT2D eigenvalue weighted by Crippen LogP contribution is 2.29. The summed E-state index contributed by atoms with van der Waals surface area (Å²) in [7, 11) is 0. The Kier molecular flexibility index (Phi) is 1.47. The number of fused-ring (bicyclic) bond motifs is 1. The molecule has 0 spiro atoms. The lowest BCUT2D eigenvalue weighted by Gasteiger charge is -2.14. The summed E-state index contributed by atoms with van der Waals surface area (Å²) in [5.41, 5.74) is 4.23. The highest BCUT2D eigenvalue weighted by Gasteiger charge is 2.09. The van der Waals surface area contributed by atoms with E-state index in [4.69, 9.17) is 0 Å². The van der Waals surface area contributed by atoms with Crippen LogP contribution in [0, 0.1) is 6.92 Å². The number of hydrogen-bond donors (Lipinski definition) is 1. The Hall–Kier alpha value is -1.57. The third-order valence-electron chi connectivity index (χ3n) is 2.00. The maximum Gasteiger partial charge on any atom is 0.0930 e. The largest absolute Gasteiger partial charge is 0.346 e. The van der Waals surface area contributed by atoms with Crippen molar-refractivity contribution in [3.8, 4) is 0 Å². The minimum absolute atomic E-state index is 0.920. The van der Waals surface area contributed by atoms with Gasteiger partial charge in [0, 0.05) is 11.3 Å². The van der Waals surface area contributed by atoms with Gasteiger partial charge in [-0.2, -0.15) is 0 Å². The molecule has 0 fully saturated rings. The molecule has 1 aromatic rings. The predicted molar refractivity (Wildman–Crippen MR) is 51.5 cm³/mol. The summed E-state index contributed by atoms with van der Waals surface area (Å²) in [5.74, 6) is 0. The fourth-order valence-corrected chi connectivity index (χ4v) is 1.33. The van der Waals surface area contributed by atoms with E-state index >= 15 is 0 Å². The molecule has 0 atom stereocenters. The zero-order valence-corrected chi connectivity index (χ0v) is 6.96. The van der Waals surface area contributed by atoms with Crippen LogP contribution in [0.25, 0.3) is 5.70 Å². The van der Waals surface area contributed by atoms with E-state index in [-0.39, 0.29) is 0 Å². The van der Waals surface area contributed by atoms with Gasteiger partial charge in [0.15, 0.2) is 0 Å². The molecule has 1 aromatic carbocycles. The molecule has 1 N–H and O–H groups in total. The van der Waals surface area contributed by atoms with Crippen molar-refractivity contribution >= 4 is 17.7 Å². The highest BCUT2D eigenvalue weighted by atomic mass is 15.0. The molecule has 0 aliphatic carbocycles. The number of nitrogens with zero attached hydrogens (tertiary/aromatic N) is 1. The first-order chi connectivity index (χ1) is 5.79. The van der Waals surface area contributed by atoms with Crippen molar-refractivity contribution in [2.24, 2.45) is 4.99 Å². The van der Waals surface area contributed by atoms with Crippen molar-refractivity contribution in [2.75, 3.05) is 0 Å². The molecule has 1 aliphatic heterocycles. The van der Waals surface area contributed by atoms with Gasteiger partial charge in [0.25, 0.3) is 0 Å². The summed E-state index contributed by atoms with van der Waals surface area (Å²) in [6.45, 7) is 5.94. The van der Waals surface area contributed by atoms with Crippen LogP contribution in [-0.4, -0.2) is 6.34 Å². The number of benzene rings is 1. The second-order valence-corrected chi connectivity index (χ2v) is 2.85. The maximum atomic E-state index is 4.25. The second kappa shape index (κ2) is 2.48. The highest BCUT2D eigenvalue weighted by molar-refractivity contribution is 5.87. The second-order valence-electron chi connectivity index (χ2n) is 2.85. The lowest BCUT2D eigenvalue weighted by atomic mass is 10.1. The van der Waals surface area contributed by atoms with Crippen LogP contribution in [0.3, 0.4) is 0 Å². The molecule has 0 saturated heterocycles. The Bertz CT molecular complexity index is 364. The lowest BCUT2D eigenvalue weighted by molar-refractivity contribution is 1.25. The summed E-state index contributed by atoms with van der Waals surface area (Å²) in [6, 6.07) is 6.09. The minimum atomic E-state index is 0.920. The normalized spacial score (nSPS) is 13.9. The molecule has 2 nitrogen and oxygen atoms in total.